The summed E-state index contributed by atoms with van der Waals surface area (Å²) in [7, 11) is 1.66. The fraction of sp³-hybridized carbons (Fsp3) is 0.286. The first-order valence-electron chi connectivity index (χ1n) is 11.9. The van der Waals surface area contributed by atoms with Gasteiger partial charge >= 0.3 is 0 Å². The van der Waals surface area contributed by atoms with E-state index in [0.717, 1.165) is 64.6 Å². The Kier molecular flexibility index (Phi) is 8.57. The third-order valence-corrected chi connectivity index (χ3v) is 6.54. The number of fused-ring (bicyclic) bond motifs is 1. The van der Waals surface area contributed by atoms with E-state index in [0.29, 0.717) is 13.2 Å². The molecule has 2 aromatic heterocycles. The summed E-state index contributed by atoms with van der Waals surface area (Å²) in [5.74, 6) is 2.50. The average molecular weight is 490 g/mol. The lowest BCUT2D eigenvalue weighted by Gasteiger charge is -2.13. The van der Waals surface area contributed by atoms with Crippen LogP contribution in [0.2, 0.25) is 0 Å². The molecule has 0 aliphatic heterocycles. The highest BCUT2D eigenvalue weighted by Gasteiger charge is 2.12. The highest BCUT2D eigenvalue weighted by atomic mass is 32.1. The monoisotopic (exact) mass is 489 g/mol. The second kappa shape index (κ2) is 12.2. The van der Waals surface area contributed by atoms with Gasteiger partial charge in [0.1, 0.15) is 5.82 Å². The van der Waals surface area contributed by atoms with Crippen LogP contribution in [0.1, 0.15) is 40.8 Å². The first kappa shape index (κ1) is 24.5. The molecule has 2 heterocycles. The number of carbonyl (C=O) groups is 1. The summed E-state index contributed by atoms with van der Waals surface area (Å²) in [6, 6.07) is 17.9. The lowest BCUT2D eigenvalue weighted by Crippen LogP contribution is -2.24. The highest BCUT2D eigenvalue weighted by Crippen LogP contribution is 2.29. The van der Waals surface area contributed by atoms with Gasteiger partial charge in [0.25, 0.3) is 5.91 Å². The van der Waals surface area contributed by atoms with Crippen LogP contribution in [0.4, 0.5) is 0 Å². The van der Waals surface area contributed by atoms with E-state index in [1.54, 1.807) is 7.11 Å². The predicted octanol–water partition coefficient (Wildman–Crippen LogP) is 5.97. The van der Waals surface area contributed by atoms with E-state index in [1.807, 2.05) is 73.0 Å². The predicted molar refractivity (Wildman–Crippen MR) is 143 cm³/mol. The molecule has 1 N–H and O–H groups in total. The minimum Gasteiger partial charge on any atom is -0.493 e. The van der Waals surface area contributed by atoms with Crippen LogP contribution in [-0.2, 0) is 13.0 Å². The van der Waals surface area contributed by atoms with Gasteiger partial charge in [-0.05, 0) is 61.0 Å². The van der Waals surface area contributed by atoms with Gasteiger partial charge in [-0.3, -0.25) is 4.79 Å². The van der Waals surface area contributed by atoms with E-state index in [9.17, 15) is 4.79 Å². The van der Waals surface area contributed by atoms with Crippen LogP contribution >= 0.6 is 11.3 Å². The molecule has 7 heteroatoms. The molecule has 0 aliphatic carbocycles. The first-order valence-corrected chi connectivity index (χ1v) is 12.8. The van der Waals surface area contributed by atoms with E-state index in [4.69, 9.17) is 14.5 Å². The molecule has 0 unspecified atom stereocenters. The van der Waals surface area contributed by atoms with E-state index in [2.05, 4.69) is 16.0 Å². The molecular weight excluding hydrogens is 458 g/mol. The lowest BCUT2D eigenvalue weighted by atomic mass is 10.2. The summed E-state index contributed by atoms with van der Waals surface area (Å²) in [5, 5.41) is 4.91. The fourth-order valence-corrected chi connectivity index (χ4v) is 4.65. The highest BCUT2D eigenvalue weighted by molar-refractivity contribution is 7.12. The van der Waals surface area contributed by atoms with Gasteiger partial charge in [0.15, 0.2) is 11.5 Å². The SMILES string of the molecule is C/C=C/c1ccc(OCCCn2c(CCCNC(=O)c3cccs3)nc3ccccc32)c(OC)c1. The molecule has 0 bridgehead atoms. The zero-order valence-corrected chi connectivity index (χ0v) is 21.0. The molecule has 4 aromatic rings. The zero-order chi connectivity index (χ0) is 24.5. The van der Waals surface area contributed by atoms with Crippen molar-refractivity contribution in [2.24, 2.45) is 0 Å². The van der Waals surface area contributed by atoms with E-state index in [-0.39, 0.29) is 5.91 Å². The van der Waals surface area contributed by atoms with Gasteiger partial charge in [0.05, 0.1) is 29.6 Å². The Hall–Kier alpha value is -3.58. The van der Waals surface area contributed by atoms with Gasteiger partial charge in [0.2, 0.25) is 0 Å². The first-order chi connectivity index (χ1) is 17.2. The topological polar surface area (TPSA) is 65.4 Å². The summed E-state index contributed by atoms with van der Waals surface area (Å²) < 4.78 is 13.8. The summed E-state index contributed by atoms with van der Waals surface area (Å²) in [6.45, 7) is 3.98. The minimum atomic E-state index is -0.0140. The number of para-hydroxylation sites is 2. The normalized spacial score (nSPS) is 11.3. The number of hydrogen-bond acceptors (Lipinski definition) is 5. The van der Waals surface area contributed by atoms with Crippen LogP contribution in [-0.4, -0.2) is 35.7 Å². The Morgan fingerprint density at radius 3 is 2.80 bits per heavy atom. The van der Waals surface area contributed by atoms with Crippen molar-refractivity contribution >= 4 is 34.4 Å². The number of rotatable bonds is 12. The number of methoxy groups -OCH3 is 1. The van der Waals surface area contributed by atoms with Crippen LogP contribution < -0.4 is 14.8 Å². The smallest absolute Gasteiger partial charge is 0.261 e. The fourth-order valence-electron chi connectivity index (χ4n) is 4.01. The maximum atomic E-state index is 12.2. The van der Waals surface area contributed by atoms with E-state index >= 15 is 0 Å². The lowest BCUT2D eigenvalue weighted by molar-refractivity contribution is 0.0957. The second-order valence-electron chi connectivity index (χ2n) is 8.12. The molecular formula is C28H31N3O3S. The van der Waals surface area contributed by atoms with Gasteiger partial charge in [-0.2, -0.15) is 0 Å². The zero-order valence-electron chi connectivity index (χ0n) is 20.2. The van der Waals surface area contributed by atoms with E-state index in [1.165, 1.54) is 11.3 Å². The number of allylic oxidation sites excluding steroid dienone is 1. The Morgan fingerprint density at radius 2 is 2.00 bits per heavy atom. The van der Waals surface area contributed by atoms with Gasteiger partial charge in [-0.1, -0.05) is 36.4 Å². The molecule has 0 fully saturated rings. The molecule has 0 saturated carbocycles. The number of carbonyl (C=O) groups excluding carboxylic acids is 1. The minimum absolute atomic E-state index is 0.0140. The molecule has 2 aromatic carbocycles. The molecule has 0 atom stereocenters. The third-order valence-electron chi connectivity index (χ3n) is 5.67. The van der Waals surface area contributed by atoms with Crippen LogP contribution in [0.5, 0.6) is 11.5 Å². The van der Waals surface area contributed by atoms with E-state index < -0.39 is 0 Å². The number of nitrogens with one attached hydrogen (secondary N) is 1. The Bertz CT molecular complexity index is 1280. The van der Waals surface area contributed by atoms with Crippen LogP contribution in [0, 0.1) is 0 Å². The van der Waals surface area contributed by atoms with Crippen LogP contribution in [0.3, 0.4) is 0 Å². The van der Waals surface area contributed by atoms with Crippen LogP contribution in [0.15, 0.2) is 66.1 Å². The molecule has 0 spiro atoms. The Balaban J connectivity index is 1.34. The van der Waals surface area contributed by atoms with Crippen molar-refractivity contribution in [2.75, 3.05) is 20.3 Å². The number of amides is 1. The van der Waals surface area contributed by atoms with Gasteiger partial charge in [-0.15, -0.1) is 11.3 Å². The summed E-state index contributed by atoms with van der Waals surface area (Å²) in [4.78, 5) is 17.8. The van der Waals surface area contributed by atoms with Crippen molar-refractivity contribution in [3.8, 4) is 11.5 Å². The van der Waals surface area contributed by atoms with Crippen molar-refractivity contribution in [1.29, 1.82) is 0 Å². The van der Waals surface area contributed by atoms with Gasteiger partial charge < -0.3 is 19.4 Å². The molecule has 0 aliphatic rings. The molecule has 4 rings (SSSR count). The Morgan fingerprint density at radius 1 is 1.11 bits per heavy atom. The molecule has 1 amide bonds. The summed E-state index contributed by atoms with van der Waals surface area (Å²) >= 11 is 1.45. The summed E-state index contributed by atoms with van der Waals surface area (Å²) in [6.07, 6.45) is 6.49. The van der Waals surface area contributed by atoms with Gasteiger partial charge in [0, 0.05) is 19.5 Å². The third kappa shape index (κ3) is 6.31. The number of nitrogens with zero attached hydrogens (tertiary/aromatic N) is 2. The molecule has 182 valence electrons. The number of benzene rings is 2. The number of aryl methyl sites for hydroxylation is 2. The van der Waals surface area contributed by atoms with Crippen molar-refractivity contribution < 1.29 is 14.3 Å². The van der Waals surface area contributed by atoms with Crippen LogP contribution in [0.25, 0.3) is 17.1 Å². The Labute approximate surface area is 210 Å². The van der Waals surface area contributed by atoms with Gasteiger partial charge in [-0.25, -0.2) is 4.98 Å². The van der Waals surface area contributed by atoms with Crippen molar-refractivity contribution in [1.82, 2.24) is 14.9 Å². The molecule has 0 saturated heterocycles. The van der Waals surface area contributed by atoms with Crippen molar-refractivity contribution in [3.05, 3.63) is 82.3 Å². The number of imidazole rings is 1. The maximum Gasteiger partial charge on any atom is 0.261 e. The average Bonchev–Trinajstić information content (AvgIpc) is 3.54. The number of thiophene rings is 1. The number of hydrogen-bond donors (Lipinski definition) is 1. The molecule has 6 nitrogen and oxygen atoms in total. The number of ether oxygens (including phenoxy) is 2. The molecule has 35 heavy (non-hydrogen) atoms. The van der Waals surface area contributed by atoms with Crippen molar-refractivity contribution in [2.45, 2.75) is 32.7 Å². The second-order valence-corrected chi connectivity index (χ2v) is 9.07. The standard InChI is InChI=1S/C28H31N3O3S/c1-3-9-21-14-15-24(25(20-21)33-2)34-18-8-17-31-23-11-5-4-10-22(23)30-27(31)13-6-16-29-28(32)26-12-7-19-35-26/h3-5,7,9-12,14-15,19-20H,6,8,13,16-18H2,1-2H3,(H,29,32)/b9-3+. The number of aromatic nitrogens is 2. The summed E-state index contributed by atoms with van der Waals surface area (Å²) in [5.41, 5.74) is 3.20. The largest absolute Gasteiger partial charge is 0.493 e. The molecule has 0 radical (unpaired) electrons. The van der Waals surface area contributed by atoms with Crippen molar-refractivity contribution in [3.63, 3.8) is 0 Å². The quantitative estimate of drug-likeness (QED) is 0.249. The maximum absolute atomic E-state index is 12.2.